The molecule has 3 atom stereocenters. The maximum atomic E-state index is 13.1. The number of nitrogens with zero attached hydrogens (tertiary/aromatic N) is 1. The molecule has 0 heterocycles. The number of aliphatic hydroxyl groups excluding tert-OH is 1. The van der Waals surface area contributed by atoms with Gasteiger partial charge in [-0.1, -0.05) is 365 Å². The van der Waals surface area contributed by atoms with Crippen LogP contribution in [-0.4, -0.2) is 73.4 Å². The van der Waals surface area contributed by atoms with E-state index in [4.69, 9.17) is 9.05 Å². The maximum Gasteiger partial charge on any atom is 0.472 e. The van der Waals surface area contributed by atoms with E-state index in [9.17, 15) is 19.4 Å². The summed E-state index contributed by atoms with van der Waals surface area (Å²) in [6.45, 7) is 4.76. The van der Waals surface area contributed by atoms with Crippen LogP contribution in [0.25, 0.3) is 0 Å². The molecule has 0 spiro atoms. The number of carbonyl (C=O) groups is 1. The Hall–Kier alpha value is -3.62. The number of hydrogen-bond donors (Lipinski definition) is 3. The van der Waals surface area contributed by atoms with E-state index in [-0.39, 0.29) is 19.1 Å². The van der Waals surface area contributed by atoms with Crippen LogP contribution < -0.4 is 5.32 Å². The van der Waals surface area contributed by atoms with Gasteiger partial charge in [0.15, 0.2) is 0 Å². The molecule has 1 amide bonds. The molecular formula is C84H148N2O6P+. The van der Waals surface area contributed by atoms with E-state index in [0.29, 0.717) is 30.3 Å². The number of unbranched alkanes of at least 4 members (excludes halogenated alkanes) is 33. The molecule has 0 aromatic rings. The minimum absolute atomic E-state index is 0.0590. The summed E-state index contributed by atoms with van der Waals surface area (Å²) in [5.74, 6) is -0.188. The van der Waals surface area contributed by atoms with Gasteiger partial charge in [0, 0.05) is 6.42 Å². The Morgan fingerprint density at radius 2 is 0.645 bits per heavy atom. The van der Waals surface area contributed by atoms with Gasteiger partial charge in [-0.25, -0.2) is 4.57 Å². The summed E-state index contributed by atoms with van der Waals surface area (Å²) in [6.07, 6.45) is 111. The van der Waals surface area contributed by atoms with Crippen LogP contribution in [-0.2, 0) is 18.4 Å². The van der Waals surface area contributed by atoms with Crippen molar-refractivity contribution in [1.29, 1.82) is 0 Å². The fourth-order valence-corrected chi connectivity index (χ4v) is 11.7. The van der Waals surface area contributed by atoms with Crippen LogP contribution in [0, 0.1) is 0 Å². The lowest BCUT2D eigenvalue weighted by Crippen LogP contribution is -2.46. The fraction of sp³-hybridized carbons (Fsp3) is 0.702. The Labute approximate surface area is 576 Å². The molecule has 0 saturated heterocycles. The highest BCUT2D eigenvalue weighted by Gasteiger charge is 2.28. The van der Waals surface area contributed by atoms with Gasteiger partial charge in [0.1, 0.15) is 13.2 Å². The first kappa shape index (κ1) is 89.4. The van der Waals surface area contributed by atoms with E-state index in [1.807, 2.05) is 21.1 Å². The fourth-order valence-electron chi connectivity index (χ4n) is 10.9. The van der Waals surface area contributed by atoms with Crippen molar-refractivity contribution in [2.45, 2.75) is 341 Å². The van der Waals surface area contributed by atoms with Gasteiger partial charge < -0.3 is 19.8 Å². The van der Waals surface area contributed by atoms with Crippen LogP contribution in [0.15, 0.2) is 146 Å². The number of carbonyl (C=O) groups excluding carboxylic acids is 1. The van der Waals surface area contributed by atoms with Gasteiger partial charge in [-0.05, 0) is 103 Å². The molecule has 0 aromatic heterocycles. The van der Waals surface area contributed by atoms with E-state index in [0.717, 1.165) is 109 Å². The molecule has 0 bridgehead atoms. The van der Waals surface area contributed by atoms with Gasteiger partial charge in [0.2, 0.25) is 5.91 Å². The smallest absolute Gasteiger partial charge is 0.391 e. The normalized spacial score (nSPS) is 14.4. The quantitative estimate of drug-likeness (QED) is 0.0243. The highest BCUT2D eigenvalue weighted by Crippen LogP contribution is 2.43. The number of phosphoric ester groups is 1. The zero-order valence-electron chi connectivity index (χ0n) is 61.2. The summed E-state index contributed by atoms with van der Waals surface area (Å²) in [4.78, 5) is 23.5. The summed E-state index contributed by atoms with van der Waals surface area (Å²) >= 11 is 0. The number of likely N-dealkylation sites (N-methyl/N-ethyl adjacent to an activating group) is 1. The molecule has 8 nitrogen and oxygen atoms in total. The van der Waals surface area contributed by atoms with Crippen LogP contribution in [0.5, 0.6) is 0 Å². The number of nitrogens with one attached hydrogen (secondary N) is 1. The van der Waals surface area contributed by atoms with Gasteiger partial charge >= 0.3 is 7.82 Å². The van der Waals surface area contributed by atoms with E-state index in [1.165, 1.54) is 186 Å². The average molecular weight is 1310 g/mol. The van der Waals surface area contributed by atoms with Crippen molar-refractivity contribution in [3.63, 3.8) is 0 Å². The van der Waals surface area contributed by atoms with Crippen molar-refractivity contribution in [2.24, 2.45) is 0 Å². The van der Waals surface area contributed by atoms with Crippen molar-refractivity contribution < 1.29 is 32.9 Å². The molecule has 0 rings (SSSR count). The maximum absolute atomic E-state index is 13.1. The SMILES string of the molecule is CC/C=C\C/C=C\C/C=C\C/C=C\C/C=C\C/C=C\C/C=C\C/C=C\C/C=C\C/C=C\C/C=C\C/C=C\CCCCC(=O)NC(COP(=O)(O)OCC[N+](C)(C)C)C(O)CCCCCCCCCCCCCCCCCCCCCCCCCCCCCCCCCC. The van der Waals surface area contributed by atoms with Gasteiger partial charge in [-0.3, -0.25) is 13.8 Å². The molecule has 0 aliphatic carbocycles. The van der Waals surface area contributed by atoms with E-state index >= 15 is 0 Å². The first-order valence-electron chi connectivity index (χ1n) is 38.7. The summed E-state index contributed by atoms with van der Waals surface area (Å²) in [5.41, 5.74) is 0. The number of hydrogen-bond acceptors (Lipinski definition) is 5. The lowest BCUT2D eigenvalue weighted by atomic mass is 10.0. The molecule has 3 N–H and O–H groups in total. The Bertz CT molecular complexity index is 2030. The topological polar surface area (TPSA) is 105 Å². The predicted octanol–water partition coefficient (Wildman–Crippen LogP) is 25.5. The molecule has 0 aliphatic rings. The summed E-state index contributed by atoms with van der Waals surface area (Å²) in [6, 6.07) is -0.798. The van der Waals surface area contributed by atoms with E-state index < -0.39 is 20.0 Å². The third kappa shape index (κ3) is 75.6. The zero-order chi connectivity index (χ0) is 67.6. The van der Waals surface area contributed by atoms with Crippen molar-refractivity contribution in [3.8, 4) is 0 Å². The molecule has 0 radical (unpaired) electrons. The molecule has 0 aromatic carbocycles. The van der Waals surface area contributed by atoms with Crippen molar-refractivity contribution >= 4 is 13.7 Å². The number of allylic oxidation sites excluding steroid dienone is 24. The number of rotatable bonds is 70. The minimum atomic E-state index is -4.36. The summed E-state index contributed by atoms with van der Waals surface area (Å²) in [5, 5.41) is 14.1. The molecule has 0 aliphatic heterocycles. The van der Waals surface area contributed by atoms with Gasteiger partial charge in [0.05, 0.1) is 39.9 Å². The van der Waals surface area contributed by atoms with Crippen LogP contribution in [0.2, 0.25) is 0 Å². The number of amides is 1. The number of phosphoric acid groups is 1. The molecule has 534 valence electrons. The number of quaternary nitrogens is 1. The Morgan fingerprint density at radius 1 is 0.376 bits per heavy atom. The van der Waals surface area contributed by atoms with Crippen molar-refractivity contribution in [2.75, 3.05) is 40.9 Å². The summed E-state index contributed by atoms with van der Waals surface area (Å²) < 4.78 is 23.9. The first-order chi connectivity index (χ1) is 45.5. The van der Waals surface area contributed by atoms with Crippen LogP contribution in [0.1, 0.15) is 328 Å². The molecule has 93 heavy (non-hydrogen) atoms. The standard InChI is InChI=1S/C84H147N2O6P/c1-6-8-10-12-14-16-18-20-22-24-26-28-30-32-34-36-38-40-41-42-43-44-45-46-48-50-52-54-56-58-60-62-64-66-68-70-72-74-76-78-84(88)85-82(81-92-93(89,90)91-80-79-86(3,4)5)83(87)77-75-73-71-69-67-65-63-61-59-57-55-53-51-49-47-39-37-35-33-31-29-27-25-23-21-19-17-15-13-11-9-7-2/h8,10,14,16,20,22,26,28,32,34,38,40,42-43,45-46,50,52,56,58,62,64,68,70,82-83,87H,6-7,9,11-13,15,17-19,21,23-25,27,29-31,33,35-37,39,41,44,47-49,51,53-55,57,59-61,63,65-67,69,71-81H2,1-5H3,(H-,85,88,89,90)/p+1/b10-8-,16-14-,22-20-,28-26-,34-32-,40-38-,43-42-,46-45-,52-50-,58-56-,64-62-,70-68-. The third-order valence-corrected chi connectivity index (χ3v) is 17.8. The van der Waals surface area contributed by atoms with Crippen LogP contribution in [0.4, 0.5) is 0 Å². The monoisotopic (exact) mass is 1310 g/mol. The first-order valence-corrected chi connectivity index (χ1v) is 40.2. The average Bonchev–Trinajstić information content (AvgIpc) is 1.94. The van der Waals surface area contributed by atoms with Gasteiger partial charge in [-0.2, -0.15) is 0 Å². The zero-order valence-corrected chi connectivity index (χ0v) is 62.1. The van der Waals surface area contributed by atoms with E-state index in [1.54, 1.807) is 0 Å². The Balaban J connectivity index is 4.14. The second-order valence-corrected chi connectivity index (χ2v) is 28.5. The summed E-state index contributed by atoms with van der Waals surface area (Å²) in [7, 11) is 1.58. The van der Waals surface area contributed by atoms with Crippen molar-refractivity contribution in [1.82, 2.24) is 5.32 Å². The molecule has 3 unspecified atom stereocenters. The van der Waals surface area contributed by atoms with Gasteiger partial charge in [-0.15, -0.1) is 0 Å². The molecule has 0 saturated carbocycles. The van der Waals surface area contributed by atoms with Crippen molar-refractivity contribution in [3.05, 3.63) is 146 Å². The predicted molar refractivity (Wildman–Crippen MR) is 410 cm³/mol. The highest BCUT2D eigenvalue weighted by molar-refractivity contribution is 7.47. The lowest BCUT2D eigenvalue weighted by Gasteiger charge is -2.26. The lowest BCUT2D eigenvalue weighted by molar-refractivity contribution is -0.870. The highest BCUT2D eigenvalue weighted by atomic mass is 31.2. The molecule has 0 fully saturated rings. The Kier molecular flexibility index (Phi) is 69.8. The molecule has 9 heteroatoms. The van der Waals surface area contributed by atoms with Crippen LogP contribution >= 0.6 is 7.82 Å². The third-order valence-electron chi connectivity index (χ3n) is 16.9. The number of aliphatic hydroxyl groups is 1. The minimum Gasteiger partial charge on any atom is -0.391 e. The second-order valence-electron chi connectivity index (χ2n) is 27.0. The largest absolute Gasteiger partial charge is 0.472 e. The van der Waals surface area contributed by atoms with Crippen LogP contribution in [0.3, 0.4) is 0 Å². The second kappa shape index (κ2) is 72.6. The molecular weight excluding hydrogens is 1160 g/mol. The van der Waals surface area contributed by atoms with E-state index in [2.05, 4.69) is 165 Å². The Morgan fingerprint density at radius 3 is 0.925 bits per heavy atom. The van der Waals surface area contributed by atoms with Gasteiger partial charge in [0.25, 0.3) is 0 Å².